The van der Waals surface area contributed by atoms with Gasteiger partial charge in [-0.1, -0.05) is 124 Å². The number of hydrogen-bond donors (Lipinski definition) is 0. The van der Waals surface area contributed by atoms with Crippen LogP contribution >= 0.6 is 63.7 Å². The molecule has 0 unspecified atom stereocenters. The van der Waals surface area contributed by atoms with Gasteiger partial charge in [-0.15, -0.1) is 0 Å². The fourth-order valence-corrected chi connectivity index (χ4v) is 5.85. The van der Waals surface area contributed by atoms with Crippen LogP contribution in [0.5, 0.6) is 0 Å². The molecule has 1 nitrogen and oxygen atoms in total. The highest BCUT2D eigenvalue weighted by Crippen LogP contribution is 2.32. The molecule has 0 aliphatic rings. The normalized spacial score (nSPS) is 11.0. The maximum Gasteiger partial charge on any atom is 0.0721 e. The molecule has 4 aromatic carbocycles. The monoisotopic (exact) mass is 662 g/mol. The predicted octanol–water partition coefficient (Wildman–Crippen LogP) is 9.79. The summed E-state index contributed by atoms with van der Waals surface area (Å²) in [4.78, 5) is 0. The van der Waals surface area contributed by atoms with Crippen molar-refractivity contribution >= 4 is 63.7 Å². The highest BCUT2D eigenvalue weighted by atomic mass is 79.9. The number of rotatable bonds is 6. The van der Waals surface area contributed by atoms with Gasteiger partial charge in [0.2, 0.25) is 0 Å². The lowest BCUT2D eigenvalue weighted by Crippen LogP contribution is -1.94. The van der Waals surface area contributed by atoms with Gasteiger partial charge in [0.25, 0.3) is 0 Å². The van der Waals surface area contributed by atoms with Gasteiger partial charge in [-0.2, -0.15) is 0 Å². The molecule has 4 rings (SSSR count). The third-order valence-electron chi connectivity index (χ3n) is 4.93. The maximum atomic E-state index is 5.94. The molecule has 0 bridgehead atoms. The summed E-state index contributed by atoms with van der Waals surface area (Å²) in [5.74, 6) is 0. The summed E-state index contributed by atoms with van der Waals surface area (Å²) in [6.07, 6.45) is 0. The van der Waals surface area contributed by atoms with Gasteiger partial charge in [0.05, 0.1) is 13.2 Å². The van der Waals surface area contributed by atoms with Gasteiger partial charge < -0.3 is 4.74 Å². The van der Waals surface area contributed by atoms with E-state index >= 15 is 0 Å². The van der Waals surface area contributed by atoms with Crippen LogP contribution in [-0.4, -0.2) is 0 Å². The Balaban J connectivity index is 1.35. The first kappa shape index (κ1) is 22.9. The van der Waals surface area contributed by atoms with E-state index < -0.39 is 0 Å². The van der Waals surface area contributed by atoms with Gasteiger partial charge in [0.1, 0.15) is 0 Å². The molecule has 0 aliphatic carbocycles. The van der Waals surface area contributed by atoms with E-state index in [-0.39, 0.29) is 0 Å². The van der Waals surface area contributed by atoms with Crippen molar-refractivity contribution in [3.8, 4) is 22.3 Å². The zero-order valence-electron chi connectivity index (χ0n) is 16.4. The minimum Gasteiger partial charge on any atom is -0.372 e. The Morgan fingerprint density at radius 3 is 1.23 bits per heavy atom. The first-order valence-electron chi connectivity index (χ1n) is 9.66. The van der Waals surface area contributed by atoms with Crippen LogP contribution in [0.25, 0.3) is 22.3 Å². The molecule has 4 aromatic rings. The Morgan fingerprint density at radius 2 is 0.871 bits per heavy atom. The van der Waals surface area contributed by atoms with E-state index in [1.807, 2.05) is 0 Å². The van der Waals surface area contributed by atoms with Crippen LogP contribution in [0.15, 0.2) is 103 Å². The maximum absolute atomic E-state index is 5.94. The Kier molecular flexibility index (Phi) is 7.83. The summed E-state index contributed by atoms with van der Waals surface area (Å²) in [7, 11) is 0. The zero-order valence-corrected chi connectivity index (χ0v) is 22.8. The van der Waals surface area contributed by atoms with E-state index in [0.29, 0.717) is 13.2 Å². The quantitative estimate of drug-likeness (QED) is 0.199. The smallest absolute Gasteiger partial charge is 0.0721 e. The number of hydrogen-bond acceptors (Lipinski definition) is 1. The van der Waals surface area contributed by atoms with E-state index in [9.17, 15) is 0 Å². The van der Waals surface area contributed by atoms with E-state index in [0.717, 1.165) is 29.0 Å². The molecular formula is C26H18Br4O. The van der Waals surface area contributed by atoms with Crippen LogP contribution in [0.2, 0.25) is 0 Å². The topological polar surface area (TPSA) is 9.23 Å². The fraction of sp³-hybridized carbons (Fsp3) is 0.0769. The second kappa shape index (κ2) is 10.6. The van der Waals surface area contributed by atoms with Crippen molar-refractivity contribution < 1.29 is 4.74 Å². The molecule has 0 spiro atoms. The van der Waals surface area contributed by atoms with Crippen molar-refractivity contribution in [2.75, 3.05) is 0 Å². The lowest BCUT2D eigenvalue weighted by atomic mass is 10.0. The number of halogens is 4. The van der Waals surface area contributed by atoms with E-state index in [4.69, 9.17) is 4.74 Å². The Bertz CT molecular complexity index is 1090. The average Bonchev–Trinajstić information content (AvgIpc) is 2.75. The third-order valence-corrected chi connectivity index (χ3v) is 7.23. The minimum absolute atomic E-state index is 0.585. The summed E-state index contributed by atoms with van der Waals surface area (Å²) < 4.78 is 10.2. The molecule has 5 heteroatoms. The van der Waals surface area contributed by atoms with Crippen LogP contribution in [0.3, 0.4) is 0 Å². The van der Waals surface area contributed by atoms with Crippen LogP contribution < -0.4 is 0 Å². The molecule has 0 fully saturated rings. The molecule has 0 N–H and O–H groups in total. The largest absolute Gasteiger partial charge is 0.372 e. The van der Waals surface area contributed by atoms with E-state index in [2.05, 4.69) is 149 Å². The Morgan fingerprint density at radius 1 is 0.484 bits per heavy atom. The Hall–Kier alpha value is -1.24. The molecule has 0 aliphatic heterocycles. The summed E-state index contributed by atoms with van der Waals surface area (Å²) in [5, 5.41) is 0. The van der Waals surface area contributed by atoms with E-state index in [1.165, 1.54) is 22.3 Å². The van der Waals surface area contributed by atoms with Crippen LogP contribution in [-0.2, 0) is 18.0 Å². The van der Waals surface area contributed by atoms with Crippen molar-refractivity contribution in [1.29, 1.82) is 0 Å². The molecule has 0 radical (unpaired) electrons. The molecule has 156 valence electrons. The van der Waals surface area contributed by atoms with Gasteiger partial charge in [-0.25, -0.2) is 0 Å². The van der Waals surface area contributed by atoms with Crippen molar-refractivity contribution in [2.45, 2.75) is 13.2 Å². The minimum atomic E-state index is 0.585. The van der Waals surface area contributed by atoms with Crippen molar-refractivity contribution in [3.63, 3.8) is 0 Å². The van der Waals surface area contributed by atoms with Crippen LogP contribution in [0.4, 0.5) is 0 Å². The van der Waals surface area contributed by atoms with Crippen molar-refractivity contribution in [2.24, 2.45) is 0 Å². The van der Waals surface area contributed by atoms with Gasteiger partial charge in [-0.05, 0) is 57.6 Å². The van der Waals surface area contributed by atoms with Gasteiger partial charge in [0.15, 0.2) is 0 Å². The highest BCUT2D eigenvalue weighted by Gasteiger charge is 2.06. The first-order valence-corrected chi connectivity index (χ1v) is 12.8. The molecule has 0 amide bonds. The summed E-state index contributed by atoms with van der Waals surface area (Å²) in [6.45, 7) is 1.17. The van der Waals surface area contributed by atoms with Gasteiger partial charge in [0, 0.05) is 17.9 Å². The molecule has 0 atom stereocenters. The average molecular weight is 666 g/mol. The van der Waals surface area contributed by atoms with Gasteiger partial charge in [-0.3, -0.25) is 0 Å². The molecule has 0 aromatic heterocycles. The summed E-state index contributed by atoms with van der Waals surface area (Å²) in [5.41, 5.74) is 7.02. The highest BCUT2D eigenvalue weighted by molar-refractivity contribution is 9.11. The summed E-state index contributed by atoms with van der Waals surface area (Å²) in [6, 6.07) is 29.5. The van der Waals surface area contributed by atoms with Crippen LogP contribution in [0, 0.1) is 0 Å². The summed E-state index contributed by atoms with van der Waals surface area (Å²) >= 11 is 14.3. The second-order valence-electron chi connectivity index (χ2n) is 7.13. The zero-order chi connectivity index (χ0) is 21.8. The Labute approximate surface area is 216 Å². The third kappa shape index (κ3) is 5.96. The standard InChI is InChI=1S/C26H18Br4O/c27-21-9-11-23(25(29)13-21)19-5-1-17(2-6-19)15-31-16-18-3-7-20(8-4-18)24-12-10-22(28)14-26(24)30/h1-14H,15-16H2. The van der Waals surface area contributed by atoms with Gasteiger partial charge >= 0.3 is 0 Å². The number of ether oxygens (including phenoxy) is 1. The lowest BCUT2D eigenvalue weighted by Gasteiger charge is -2.09. The molecule has 0 saturated carbocycles. The van der Waals surface area contributed by atoms with Crippen molar-refractivity contribution in [3.05, 3.63) is 114 Å². The molecule has 0 heterocycles. The fourth-order valence-electron chi connectivity index (χ4n) is 3.29. The second-order valence-corrected chi connectivity index (χ2v) is 10.7. The lowest BCUT2D eigenvalue weighted by molar-refractivity contribution is 0.107. The predicted molar refractivity (Wildman–Crippen MR) is 143 cm³/mol. The number of benzene rings is 4. The molecule has 0 saturated heterocycles. The van der Waals surface area contributed by atoms with E-state index in [1.54, 1.807) is 0 Å². The van der Waals surface area contributed by atoms with Crippen LogP contribution in [0.1, 0.15) is 11.1 Å². The molecule has 31 heavy (non-hydrogen) atoms. The molecular weight excluding hydrogens is 648 g/mol. The van der Waals surface area contributed by atoms with Crippen molar-refractivity contribution in [1.82, 2.24) is 0 Å². The SMILES string of the molecule is Brc1ccc(-c2ccc(COCc3ccc(-c4ccc(Br)cc4Br)cc3)cc2)c(Br)c1. The first-order chi connectivity index (χ1) is 15.0.